The van der Waals surface area contributed by atoms with E-state index in [1.807, 2.05) is 36.4 Å². The number of benzene rings is 2. The van der Waals surface area contributed by atoms with E-state index in [9.17, 15) is 4.79 Å². The minimum absolute atomic E-state index is 0.254. The third kappa shape index (κ3) is 4.54. The Morgan fingerprint density at radius 1 is 1.20 bits per heavy atom. The zero-order chi connectivity index (χ0) is 21.1. The summed E-state index contributed by atoms with van der Waals surface area (Å²) in [6.07, 6.45) is 8.90. The van der Waals surface area contributed by atoms with Gasteiger partial charge in [-0.15, -0.1) is 0 Å². The molecule has 0 saturated heterocycles. The molecule has 156 valence electrons. The summed E-state index contributed by atoms with van der Waals surface area (Å²) >= 11 is 3.40. The number of H-pyrrole nitrogens is 1. The Balaban J connectivity index is 1.49. The summed E-state index contributed by atoms with van der Waals surface area (Å²) < 4.78 is 0.975. The Labute approximate surface area is 185 Å². The highest BCUT2D eigenvalue weighted by atomic mass is 79.9. The van der Waals surface area contributed by atoms with Gasteiger partial charge in [-0.05, 0) is 74.0 Å². The topological polar surface area (TPSA) is 60.2 Å². The third-order valence-electron chi connectivity index (χ3n) is 5.84. The van der Waals surface area contributed by atoms with Crippen molar-refractivity contribution in [2.75, 3.05) is 17.2 Å². The number of carbonyl (C=O) groups excluding carboxylic acids is 1. The molecule has 1 aromatic heterocycles. The molecule has 0 saturated carbocycles. The minimum Gasteiger partial charge on any atom is -0.375 e. The molecule has 5 nitrogen and oxygen atoms in total. The molecular weight excluding hydrogens is 440 g/mol. The summed E-state index contributed by atoms with van der Waals surface area (Å²) in [6.45, 7) is 5.57. The maximum Gasteiger partial charge on any atom is 0.323 e. The van der Waals surface area contributed by atoms with Crippen molar-refractivity contribution in [2.45, 2.75) is 38.6 Å². The Morgan fingerprint density at radius 3 is 2.63 bits per heavy atom. The SMILES string of the molecule is CCC(C)N1C=CC(c2c[nH]c3ccc(NC(=O)Nc4ccc(Br)cc4)cc23)CC1. The molecule has 0 bridgehead atoms. The Kier molecular flexibility index (Phi) is 6.13. The fourth-order valence-corrected chi connectivity index (χ4v) is 4.15. The lowest BCUT2D eigenvalue weighted by Gasteiger charge is -2.32. The molecule has 6 heteroatoms. The van der Waals surface area contributed by atoms with Gasteiger partial charge < -0.3 is 20.5 Å². The van der Waals surface area contributed by atoms with Crippen LogP contribution >= 0.6 is 15.9 Å². The lowest BCUT2D eigenvalue weighted by Crippen LogP contribution is -2.31. The zero-order valence-corrected chi connectivity index (χ0v) is 18.9. The number of urea groups is 1. The number of halogens is 1. The van der Waals surface area contributed by atoms with Crippen molar-refractivity contribution in [3.05, 3.63) is 71.0 Å². The van der Waals surface area contributed by atoms with Crippen LogP contribution in [0.3, 0.4) is 0 Å². The molecule has 1 aliphatic heterocycles. The van der Waals surface area contributed by atoms with E-state index in [4.69, 9.17) is 0 Å². The number of nitrogens with zero attached hydrogens (tertiary/aromatic N) is 1. The van der Waals surface area contributed by atoms with Gasteiger partial charge in [0, 0.05) is 51.5 Å². The van der Waals surface area contributed by atoms with Crippen LogP contribution in [0.2, 0.25) is 0 Å². The first-order valence-corrected chi connectivity index (χ1v) is 11.2. The molecule has 3 aromatic rings. The fraction of sp³-hybridized carbons (Fsp3) is 0.292. The number of carbonyl (C=O) groups is 1. The molecule has 0 radical (unpaired) electrons. The van der Waals surface area contributed by atoms with E-state index in [1.54, 1.807) is 0 Å². The zero-order valence-electron chi connectivity index (χ0n) is 17.3. The maximum absolute atomic E-state index is 12.4. The normalized spacial score (nSPS) is 17.2. The predicted molar refractivity (Wildman–Crippen MR) is 128 cm³/mol. The van der Waals surface area contributed by atoms with Crippen molar-refractivity contribution in [2.24, 2.45) is 0 Å². The average Bonchev–Trinajstić information content (AvgIpc) is 3.18. The molecule has 0 spiro atoms. The number of rotatable bonds is 5. The molecule has 0 aliphatic carbocycles. The number of hydrogen-bond acceptors (Lipinski definition) is 2. The van der Waals surface area contributed by atoms with Gasteiger partial charge in [0.2, 0.25) is 0 Å². The van der Waals surface area contributed by atoms with Gasteiger partial charge in [0.05, 0.1) is 0 Å². The van der Waals surface area contributed by atoms with Gasteiger partial charge in [0.1, 0.15) is 0 Å². The van der Waals surface area contributed by atoms with E-state index in [2.05, 4.69) is 74.8 Å². The average molecular weight is 467 g/mol. The van der Waals surface area contributed by atoms with Crippen molar-refractivity contribution in [1.29, 1.82) is 0 Å². The van der Waals surface area contributed by atoms with E-state index < -0.39 is 0 Å². The molecule has 2 aromatic carbocycles. The van der Waals surface area contributed by atoms with E-state index in [-0.39, 0.29) is 6.03 Å². The van der Waals surface area contributed by atoms with Gasteiger partial charge >= 0.3 is 6.03 Å². The monoisotopic (exact) mass is 466 g/mol. The summed E-state index contributed by atoms with van der Waals surface area (Å²) in [5.74, 6) is 0.380. The van der Waals surface area contributed by atoms with Crippen LogP contribution in [0, 0.1) is 0 Å². The Hall–Kier alpha value is -2.73. The van der Waals surface area contributed by atoms with E-state index in [1.165, 1.54) is 5.56 Å². The molecule has 2 unspecified atom stereocenters. The predicted octanol–water partition coefficient (Wildman–Crippen LogP) is 6.68. The number of anilines is 2. The highest BCUT2D eigenvalue weighted by Crippen LogP contribution is 2.33. The first-order valence-electron chi connectivity index (χ1n) is 10.4. The summed E-state index contributed by atoms with van der Waals surface area (Å²) in [7, 11) is 0. The second-order valence-corrected chi connectivity index (χ2v) is 8.74. The van der Waals surface area contributed by atoms with Crippen LogP contribution in [-0.2, 0) is 0 Å². The molecule has 4 rings (SSSR count). The van der Waals surface area contributed by atoms with Crippen LogP contribution in [-0.4, -0.2) is 28.5 Å². The number of fused-ring (bicyclic) bond motifs is 1. The van der Waals surface area contributed by atoms with Crippen molar-refractivity contribution in [1.82, 2.24) is 9.88 Å². The second-order valence-electron chi connectivity index (χ2n) is 7.82. The summed E-state index contributed by atoms with van der Waals surface area (Å²) in [5, 5.41) is 6.96. The van der Waals surface area contributed by atoms with Crippen LogP contribution in [0.1, 0.15) is 38.2 Å². The summed E-state index contributed by atoms with van der Waals surface area (Å²) in [6, 6.07) is 13.8. The lowest BCUT2D eigenvalue weighted by atomic mass is 9.92. The second kappa shape index (κ2) is 8.96. The fourth-order valence-electron chi connectivity index (χ4n) is 3.89. The highest BCUT2D eigenvalue weighted by molar-refractivity contribution is 9.10. The van der Waals surface area contributed by atoms with Crippen molar-refractivity contribution in [3.63, 3.8) is 0 Å². The van der Waals surface area contributed by atoms with Gasteiger partial charge in [-0.1, -0.05) is 28.9 Å². The molecule has 2 atom stereocenters. The quantitative estimate of drug-likeness (QED) is 0.392. The molecule has 30 heavy (non-hydrogen) atoms. The standard InChI is InChI=1S/C24H27BrN4O/c1-3-16(2)29-12-10-17(11-13-29)22-15-26-23-9-8-20(14-21(22)23)28-24(30)27-19-6-4-18(25)5-7-19/h4-10,12,14-17,26H,3,11,13H2,1-2H3,(H2,27,28,30). The van der Waals surface area contributed by atoms with Gasteiger partial charge in [-0.25, -0.2) is 4.79 Å². The molecule has 1 aliphatic rings. The van der Waals surface area contributed by atoms with E-state index in [0.717, 1.165) is 46.1 Å². The molecule has 3 N–H and O–H groups in total. The number of nitrogens with one attached hydrogen (secondary N) is 3. The van der Waals surface area contributed by atoms with Gasteiger partial charge in [0.25, 0.3) is 0 Å². The number of allylic oxidation sites excluding steroid dienone is 1. The van der Waals surface area contributed by atoms with Crippen LogP contribution < -0.4 is 10.6 Å². The van der Waals surface area contributed by atoms with Crippen LogP contribution in [0.15, 0.2) is 65.4 Å². The van der Waals surface area contributed by atoms with E-state index in [0.29, 0.717) is 12.0 Å². The molecule has 2 amide bonds. The number of aromatic nitrogens is 1. The van der Waals surface area contributed by atoms with E-state index >= 15 is 0 Å². The van der Waals surface area contributed by atoms with Crippen LogP contribution in [0.25, 0.3) is 10.9 Å². The van der Waals surface area contributed by atoms with Crippen LogP contribution in [0.5, 0.6) is 0 Å². The van der Waals surface area contributed by atoms with Gasteiger partial charge in [0.15, 0.2) is 0 Å². The largest absolute Gasteiger partial charge is 0.375 e. The Bertz CT molecular complexity index is 1060. The summed E-state index contributed by atoms with van der Waals surface area (Å²) in [5.41, 5.74) is 3.89. The third-order valence-corrected chi connectivity index (χ3v) is 6.37. The first kappa shape index (κ1) is 20.5. The van der Waals surface area contributed by atoms with Crippen LogP contribution in [0.4, 0.5) is 16.2 Å². The maximum atomic E-state index is 12.4. The summed E-state index contributed by atoms with van der Waals surface area (Å²) in [4.78, 5) is 18.2. The number of amides is 2. The molecule has 0 fully saturated rings. The molecular formula is C24H27BrN4O. The highest BCUT2D eigenvalue weighted by Gasteiger charge is 2.20. The lowest BCUT2D eigenvalue weighted by molar-refractivity contribution is 0.262. The van der Waals surface area contributed by atoms with Crippen molar-refractivity contribution < 1.29 is 4.79 Å². The molecule has 2 heterocycles. The van der Waals surface area contributed by atoms with Crippen molar-refractivity contribution in [3.8, 4) is 0 Å². The van der Waals surface area contributed by atoms with Crippen molar-refractivity contribution >= 4 is 44.2 Å². The Morgan fingerprint density at radius 2 is 1.93 bits per heavy atom. The van der Waals surface area contributed by atoms with Gasteiger partial charge in [-0.2, -0.15) is 0 Å². The number of aromatic amines is 1. The van der Waals surface area contributed by atoms with Gasteiger partial charge in [-0.3, -0.25) is 0 Å². The minimum atomic E-state index is -0.254. The first-order chi connectivity index (χ1) is 14.5. The number of hydrogen-bond donors (Lipinski definition) is 3. The smallest absolute Gasteiger partial charge is 0.323 e.